The van der Waals surface area contributed by atoms with Gasteiger partial charge < -0.3 is 15.5 Å². The van der Waals surface area contributed by atoms with Crippen molar-refractivity contribution in [1.82, 2.24) is 9.97 Å². The van der Waals surface area contributed by atoms with E-state index in [1.54, 1.807) is 17.5 Å². The van der Waals surface area contributed by atoms with Gasteiger partial charge in [0, 0.05) is 28.8 Å². The van der Waals surface area contributed by atoms with E-state index in [0.29, 0.717) is 27.2 Å². The Labute approximate surface area is 177 Å². The number of nitro groups is 1. The van der Waals surface area contributed by atoms with Crippen LogP contribution in [0.5, 0.6) is 0 Å². The Balaban J connectivity index is 1.84. The lowest BCUT2D eigenvalue weighted by molar-refractivity contribution is -0.384. The number of rotatable bonds is 6. The van der Waals surface area contributed by atoms with Gasteiger partial charge in [-0.3, -0.25) is 10.1 Å². The zero-order chi connectivity index (χ0) is 22.1. The van der Waals surface area contributed by atoms with Crippen molar-refractivity contribution in [2.24, 2.45) is 0 Å². The first kappa shape index (κ1) is 19.9. The average Bonchev–Trinajstić information content (AvgIpc) is 3.19. The van der Waals surface area contributed by atoms with E-state index in [1.807, 2.05) is 0 Å². The van der Waals surface area contributed by atoms with Gasteiger partial charge in [0.2, 0.25) is 0 Å². The van der Waals surface area contributed by atoms with Gasteiger partial charge in [-0.05, 0) is 23.8 Å². The first-order valence-electron chi connectivity index (χ1n) is 8.69. The Morgan fingerprint density at radius 1 is 1.03 bits per heavy atom. The number of thiophene rings is 1. The second kappa shape index (κ2) is 7.80. The number of nitrogens with one attached hydrogen (secondary N) is 1. The van der Waals surface area contributed by atoms with E-state index in [1.165, 1.54) is 41.9 Å². The van der Waals surface area contributed by atoms with Crippen molar-refractivity contribution in [1.29, 1.82) is 0 Å². The van der Waals surface area contributed by atoms with Crippen LogP contribution in [0, 0.1) is 10.1 Å². The Hall–Kier alpha value is -4.38. The second-order valence-corrected chi connectivity index (χ2v) is 7.25. The third-order valence-corrected chi connectivity index (χ3v) is 5.31. The summed E-state index contributed by atoms with van der Waals surface area (Å²) >= 11 is 1.31. The molecule has 0 unspecified atom stereocenters. The fraction of sp³-hybridized carbons (Fsp3) is 0. The van der Waals surface area contributed by atoms with Gasteiger partial charge in [0.1, 0.15) is 17.0 Å². The molecule has 31 heavy (non-hydrogen) atoms. The highest BCUT2D eigenvalue weighted by Crippen LogP contribution is 2.38. The largest absolute Gasteiger partial charge is 0.478 e. The summed E-state index contributed by atoms with van der Waals surface area (Å²) in [5.41, 5.74) is 0.995. The molecule has 0 spiro atoms. The highest BCUT2D eigenvalue weighted by molar-refractivity contribution is 7.17. The number of carbonyl (C=O) groups is 2. The van der Waals surface area contributed by atoms with Crippen molar-refractivity contribution in [3.63, 3.8) is 0 Å². The maximum absolute atomic E-state index is 11.4. The Morgan fingerprint density at radius 2 is 1.74 bits per heavy atom. The van der Waals surface area contributed by atoms with Gasteiger partial charge in [0.05, 0.1) is 21.4 Å². The van der Waals surface area contributed by atoms with Gasteiger partial charge in [0.15, 0.2) is 0 Å². The van der Waals surface area contributed by atoms with Gasteiger partial charge in [-0.1, -0.05) is 12.1 Å². The van der Waals surface area contributed by atoms with Crippen LogP contribution in [-0.2, 0) is 0 Å². The molecule has 0 amide bonds. The normalized spacial score (nSPS) is 10.7. The fourth-order valence-electron chi connectivity index (χ4n) is 3.05. The molecule has 2 aromatic carbocycles. The van der Waals surface area contributed by atoms with E-state index in [2.05, 4.69) is 15.3 Å². The summed E-state index contributed by atoms with van der Waals surface area (Å²) in [4.78, 5) is 42.5. The molecule has 0 fully saturated rings. The fourth-order valence-corrected chi connectivity index (χ4v) is 3.97. The van der Waals surface area contributed by atoms with Crippen LogP contribution in [-0.4, -0.2) is 37.0 Å². The van der Waals surface area contributed by atoms with Gasteiger partial charge >= 0.3 is 11.9 Å². The van der Waals surface area contributed by atoms with Crippen LogP contribution in [0.4, 0.5) is 17.2 Å². The minimum atomic E-state index is -1.27. The number of carboxylic acid groups (broad SMARTS) is 2. The predicted molar refractivity (Wildman–Crippen MR) is 113 cm³/mol. The van der Waals surface area contributed by atoms with E-state index in [9.17, 15) is 29.9 Å². The van der Waals surface area contributed by atoms with Crippen LogP contribution in [0.25, 0.3) is 21.3 Å². The SMILES string of the molecule is O=C(O)c1cc(Nc2ncnc3scc(-c4cccc([N+](=O)[O-])c4)c23)cc(C(=O)O)c1. The van der Waals surface area contributed by atoms with Gasteiger partial charge in [-0.2, -0.15) is 0 Å². The summed E-state index contributed by atoms with van der Waals surface area (Å²) in [5, 5.41) is 35.0. The molecule has 2 aromatic heterocycles. The number of carboxylic acids is 2. The van der Waals surface area contributed by atoms with Gasteiger partial charge in [0.25, 0.3) is 5.69 Å². The highest BCUT2D eigenvalue weighted by Gasteiger charge is 2.17. The summed E-state index contributed by atoms with van der Waals surface area (Å²) < 4.78 is 0. The van der Waals surface area contributed by atoms with E-state index < -0.39 is 16.9 Å². The average molecular weight is 436 g/mol. The molecule has 3 N–H and O–H groups in total. The molecule has 0 saturated carbocycles. The predicted octanol–water partition coefficient (Wildman–Crippen LogP) is 4.41. The lowest BCUT2D eigenvalue weighted by Gasteiger charge is -2.10. The Morgan fingerprint density at radius 3 is 2.39 bits per heavy atom. The first-order chi connectivity index (χ1) is 14.8. The standard InChI is InChI=1S/C20H12N4O6S/c25-19(26)11-4-12(20(27)28)6-13(5-11)23-17-16-15(8-31-18(16)22-9-21-17)10-2-1-3-14(7-10)24(29)30/h1-9H,(H,25,26)(H,27,28)(H,21,22,23). The van der Waals surface area contributed by atoms with Crippen molar-refractivity contribution in [2.45, 2.75) is 0 Å². The van der Waals surface area contributed by atoms with Crippen LogP contribution in [0.1, 0.15) is 20.7 Å². The lowest BCUT2D eigenvalue weighted by Crippen LogP contribution is -2.05. The summed E-state index contributed by atoms with van der Waals surface area (Å²) in [5.74, 6) is -2.23. The Kier molecular flexibility index (Phi) is 5.01. The molecule has 4 rings (SSSR count). The monoisotopic (exact) mass is 436 g/mol. The molecular formula is C20H12N4O6S. The molecule has 0 bridgehead atoms. The van der Waals surface area contributed by atoms with E-state index in [4.69, 9.17) is 0 Å². The molecule has 154 valence electrons. The number of hydrogen-bond donors (Lipinski definition) is 3. The number of nitrogens with zero attached hydrogens (tertiary/aromatic N) is 3. The maximum atomic E-state index is 11.4. The minimum absolute atomic E-state index is 0.0662. The van der Waals surface area contributed by atoms with Crippen LogP contribution >= 0.6 is 11.3 Å². The minimum Gasteiger partial charge on any atom is -0.478 e. The molecule has 0 aliphatic rings. The summed E-state index contributed by atoms with van der Waals surface area (Å²) in [7, 11) is 0. The number of fused-ring (bicyclic) bond motifs is 1. The van der Waals surface area contributed by atoms with Crippen molar-refractivity contribution in [2.75, 3.05) is 5.32 Å². The number of nitro benzene ring substituents is 1. The first-order valence-corrected chi connectivity index (χ1v) is 9.57. The summed E-state index contributed by atoms with van der Waals surface area (Å²) in [6.07, 6.45) is 1.32. The number of aromatic carboxylic acids is 2. The van der Waals surface area contributed by atoms with Gasteiger partial charge in [-0.15, -0.1) is 11.3 Å². The molecule has 4 aromatic rings. The summed E-state index contributed by atoms with van der Waals surface area (Å²) in [6, 6.07) is 9.77. The number of aromatic nitrogens is 2. The molecule has 0 aliphatic carbocycles. The molecule has 0 atom stereocenters. The van der Waals surface area contributed by atoms with Crippen molar-refractivity contribution in [3.05, 3.63) is 75.4 Å². The molecule has 0 aliphatic heterocycles. The summed E-state index contributed by atoms with van der Waals surface area (Å²) in [6.45, 7) is 0. The molecular weight excluding hydrogens is 424 g/mol. The second-order valence-electron chi connectivity index (χ2n) is 6.39. The van der Waals surface area contributed by atoms with Crippen LogP contribution in [0.3, 0.4) is 0 Å². The van der Waals surface area contributed by atoms with Crippen molar-refractivity contribution in [3.8, 4) is 11.1 Å². The smallest absolute Gasteiger partial charge is 0.335 e. The van der Waals surface area contributed by atoms with Gasteiger partial charge in [-0.25, -0.2) is 19.6 Å². The quantitative estimate of drug-likeness (QED) is 0.294. The van der Waals surface area contributed by atoms with Crippen molar-refractivity contribution >= 4 is 50.7 Å². The molecule has 0 saturated heterocycles. The molecule has 0 radical (unpaired) electrons. The Bertz CT molecular complexity index is 1330. The van der Waals surface area contributed by atoms with E-state index in [0.717, 1.165) is 6.07 Å². The number of anilines is 2. The van der Waals surface area contributed by atoms with Crippen LogP contribution < -0.4 is 5.32 Å². The third-order valence-electron chi connectivity index (χ3n) is 4.43. The van der Waals surface area contributed by atoms with E-state index in [-0.39, 0.29) is 22.5 Å². The highest BCUT2D eigenvalue weighted by atomic mass is 32.1. The van der Waals surface area contributed by atoms with Crippen molar-refractivity contribution < 1.29 is 24.7 Å². The van der Waals surface area contributed by atoms with E-state index >= 15 is 0 Å². The molecule has 2 heterocycles. The molecule has 10 nitrogen and oxygen atoms in total. The van der Waals surface area contributed by atoms with Crippen LogP contribution in [0.15, 0.2) is 54.2 Å². The number of hydrogen-bond acceptors (Lipinski definition) is 8. The zero-order valence-corrected chi connectivity index (χ0v) is 16.3. The molecule has 11 heteroatoms. The maximum Gasteiger partial charge on any atom is 0.335 e. The number of benzene rings is 2. The van der Waals surface area contributed by atoms with Crippen LogP contribution in [0.2, 0.25) is 0 Å². The lowest BCUT2D eigenvalue weighted by atomic mass is 10.1. The zero-order valence-electron chi connectivity index (χ0n) is 15.5. The third kappa shape index (κ3) is 3.89. The number of non-ortho nitro benzene ring substituents is 1. The topological polar surface area (TPSA) is 156 Å².